The number of hydrogen-bond donors (Lipinski definition) is 1. The van der Waals surface area contributed by atoms with Gasteiger partial charge in [-0.2, -0.15) is 0 Å². The van der Waals surface area contributed by atoms with E-state index in [-0.39, 0.29) is 0 Å². The maximum absolute atomic E-state index is 4.64. The van der Waals surface area contributed by atoms with E-state index in [0.29, 0.717) is 0 Å². The van der Waals surface area contributed by atoms with Crippen LogP contribution < -0.4 is 5.32 Å². The lowest BCUT2D eigenvalue weighted by Gasteiger charge is -2.11. The quantitative estimate of drug-likeness (QED) is 0.877. The Kier molecular flexibility index (Phi) is 3.83. The Morgan fingerprint density at radius 2 is 2.20 bits per heavy atom. The minimum absolute atomic E-state index is 0.736. The molecule has 0 atom stereocenters. The summed E-state index contributed by atoms with van der Waals surface area (Å²) >= 11 is 0. The van der Waals surface area contributed by atoms with Gasteiger partial charge in [0.15, 0.2) is 0 Å². The van der Waals surface area contributed by atoms with Gasteiger partial charge < -0.3 is 5.32 Å². The Morgan fingerprint density at radius 3 is 2.90 bits per heavy atom. The second-order valence-electron chi connectivity index (χ2n) is 5.60. The molecule has 0 saturated heterocycles. The average Bonchev–Trinajstić information content (AvgIpc) is 3.17. The molecule has 0 aliphatic heterocycles. The third-order valence-corrected chi connectivity index (χ3v) is 3.70. The van der Waals surface area contributed by atoms with Crippen LogP contribution in [-0.4, -0.2) is 20.6 Å². The first-order valence-electron chi connectivity index (χ1n) is 7.49. The topological polar surface area (TPSA) is 42.7 Å². The molecule has 0 aromatic carbocycles. The van der Waals surface area contributed by atoms with Crippen molar-refractivity contribution >= 4 is 0 Å². The average molecular weight is 270 g/mol. The number of aromatic nitrogens is 3. The summed E-state index contributed by atoms with van der Waals surface area (Å²) in [5.74, 6) is 2.09. The van der Waals surface area contributed by atoms with E-state index in [4.69, 9.17) is 0 Å². The molecule has 2 aromatic rings. The van der Waals surface area contributed by atoms with Crippen LogP contribution in [0.5, 0.6) is 0 Å². The Hall–Kier alpha value is -1.68. The zero-order valence-corrected chi connectivity index (χ0v) is 12.3. The van der Waals surface area contributed by atoms with Crippen molar-refractivity contribution in [2.24, 2.45) is 0 Å². The normalized spacial score (nSPS) is 14.7. The summed E-state index contributed by atoms with van der Waals surface area (Å²) < 4.78 is 2.11. The number of hydrogen-bond acceptors (Lipinski definition) is 3. The van der Waals surface area contributed by atoms with Crippen LogP contribution in [0.2, 0.25) is 0 Å². The maximum atomic E-state index is 4.64. The van der Waals surface area contributed by atoms with Gasteiger partial charge in [0.05, 0.1) is 0 Å². The lowest BCUT2D eigenvalue weighted by Crippen LogP contribution is -2.16. The summed E-state index contributed by atoms with van der Waals surface area (Å²) in [6.07, 6.45) is 10.6. The van der Waals surface area contributed by atoms with E-state index < -0.39 is 0 Å². The molecular weight excluding hydrogens is 248 g/mol. The minimum atomic E-state index is 0.736. The van der Waals surface area contributed by atoms with Crippen molar-refractivity contribution in [3.05, 3.63) is 41.6 Å². The molecule has 4 nitrogen and oxygen atoms in total. The minimum Gasteiger partial charge on any atom is -0.310 e. The first kappa shape index (κ1) is 13.3. The van der Waals surface area contributed by atoms with Crippen LogP contribution >= 0.6 is 0 Å². The number of pyridine rings is 1. The van der Waals surface area contributed by atoms with Crippen LogP contribution in [0, 0.1) is 6.92 Å². The van der Waals surface area contributed by atoms with Gasteiger partial charge >= 0.3 is 0 Å². The molecule has 1 saturated carbocycles. The summed E-state index contributed by atoms with van der Waals surface area (Å²) in [7, 11) is 0. The van der Waals surface area contributed by atoms with Gasteiger partial charge in [0, 0.05) is 37.6 Å². The third-order valence-electron chi connectivity index (χ3n) is 3.70. The summed E-state index contributed by atoms with van der Waals surface area (Å²) in [5.41, 5.74) is 2.46. The summed E-state index contributed by atoms with van der Waals surface area (Å²) in [6.45, 7) is 5.22. The second-order valence-corrected chi connectivity index (χ2v) is 5.60. The molecule has 2 aromatic heterocycles. The van der Waals surface area contributed by atoms with Gasteiger partial charge in [-0.15, -0.1) is 0 Å². The molecule has 20 heavy (non-hydrogen) atoms. The van der Waals surface area contributed by atoms with Gasteiger partial charge in [0.2, 0.25) is 0 Å². The fourth-order valence-electron chi connectivity index (χ4n) is 2.46. The molecule has 1 aliphatic carbocycles. The predicted molar refractivity (Wildman–Crippen MR) is 80.0 cm³/mol. The zero-order valence-electron chi connectivity index (χ0n) is 12.3. The Bertz CT molecular complexity index is 584. The van der Waals surface area contributed by atoms with Gasteiger partial charge in [-0.1, -0.05) is 6.92 Å². The molecule has 1 aliphatic rings. The van der Waals surface area contributed by atoms with Gasteiger partial charge in [0.25, 0.3) is 0 Å². The molecule has 0 spiro atoms. The summed E-state index contributed by atoms with van der Waals surface area (Å²) in [6, 6.07) is 2.97. The largest absolute Gasteiger partial charge is 0.310 e. The fourth-order valence-corrected chi connectivity index (χ4v) is 2.46. The molecule has 3 rings (SSSR count). The number of rotatable bonds is 6. The van der Waals surface area contributed by atoms with E-state index in [1.807, 2.05) is 18.6 Å². The van der Waals surface area contributed by atoms with Crippen LogP contribution in [0.25, 0.3) is 5.82 Å². The molecule has 0 amide bonds. The van der Waals surface area contributed by atoms with Crippen LogP contribution in [0.4, 0.5) is 0 Å². The number of nitrogens with zero attached hydrogens (tertiary/aromatic N) is 3. The fraction of sp³-hybridized carbons (Fsp3) is 0.500. The Balaban J connectivity index is 1.80. The molecule has 106 valence electrons. The van der Waals surface area contributed by atoms with E-state index in [1.165, 1.54) is 24.0 Å². The third kappa shape index (κ3) is 2.90. The summed E-state index contributed by atoms with van der Waals surface area (Å²) in [5, 5.41) is 3.53. The molecule has 1 N–H and O–H groups in total. The van der Waals surface area contributed by atoms with Crippen molar-refractivity contribution in [2.75, 3.05) is 0 Å². The molecule has 0 radical (unpaired) electrons. The highest BCUT2D eigenvalue weighted by Crippen LogP contribution is 2.20. The van der Waals surface area contributed by atoms with E-state index in [1.54, 1.807) is 0 Å². The number of nitrogens with one attached hydrogen (secondary N) is 1. The van der Waals surface area contributed by atoms with Gasteiger partial charge in [-0.25, -0.2) is 9.97 Å². The Labute approximate surface area is 120 Å². The van der Waals surface area contributed by atoms with Gasteiger partial charge in [-0.05, 0) is 43.4 Å². The number of aryl methyl sites for hydroxylation is 2. The van der Waals surface area contributed by atoms with Crippen molar-refractivity contribution in [1.29, 1.82) is 0 Å². The molecule has 1 fully saturated rings. The van der Waals surface area contributed by atoms with Crippen molar-refractivity contribution in [1.82, 2.24) is 19.9 Å². The zero-order chi connectivity index (χ0) is 13.9. The number of imidazole rings is 1. The summed E-state index contributed by atoms with van der Waals surface area (Å²) in [4.78, 5) is 9.07. The van der Waals surface area contributed by atoms with Crippen LogP contribution in [0.3, 0.4) is 0 Å². The van der Waals surface area contributed by atoms with Gasteiger partial charge in [0.1, 0.15) is 11.6 Å². The van der Waals surface area contributed by atoms with Crippen LogP contribution in [0.15, 0.2) is 24.7 Å². The lowest BCUT2D eigenvalue weighted by atomic mass is 10.2. The Morgan fingerprint density at radius 1 is 1.35 bits per heavy atom. The first-order chi connectivity index (χ1) is 9.78. The second kappa shape index (κ2) is 5.75. The van der Waals surface area contributed by atoms with E-state index >= 15 is 0 Å². The standard InChI is InChI=1S/C16H22N4/c1-3-4-15-17-7-8-20(15)16-12(2)9-13(11-19-16)10-18-14-5-6-14/h7-9,11,14,18H,3-6,10H2,1-2H3. The van der Waals surface area contributed by atoms with E-state index in [9.17, 15) is 0 Å². The highest BCUT2D eigenvalue weighted by atomic mass is 15.1. The maximum Gasteiger partial charge on any atom is 0.140 e. The molecule has 4 heteroatoms. The molecule has 0 bridgehead atoms. The van der Waals surface area contributed by atoms with Gasteiger partial charge in [-0.3, -0.25) is 4.57 Å². The smallest absolute Gasteiger partial charge is 0.140 e. The first-order valence-corrected chi connectivity index (χ1v) is 7.49. The highest BCUT2D eigenvalue weighted by Gasteiger charge is 2.20. The SMILES string of the molecule is CCCc1nccn1-c1ncc(CNC2CC2)cc1C. The van der Waals surface area contributed by atoms with Crippen molar-refractivity contribution < 1.29 is 0 Å². The molecule has 2 heterocycles. The van der Waals surface area contributed by atoms with Crippen LogP contribution in [0.1, 0.15) is 43.1 Å². The van der Waals surface area contributed by atoms with Crippen molar-refractivity contribution in [3.63, 3.8) is 0 Å². The van der Waals surface area contributed by atoms with Crippen molar-refractivity contribution in [3.8, 4) is 5.82 Å². The monoisotopic (exact) mass is 270 g/mol. The predicted octanol–water partition coefficient (Wildman–Crippen LogP) is 2.78. The highest BCUT2D eigenvalue weighted by molar-refractivity contribution is 5.36. The van der Waals surface area contributed by atoms with Crippen LogP contribution in [-0.2, 0) is 13.0 Å². The molecular formula is C16H22N4. The van der Waals surface area contributed by atoms with E-state index in [2.05, 4.69) is 39.8 Å². The van der Waals surface area contributed by atoms with E-state index in [0.717, 1.165) is 37.1 Å². The van der Waals surface area contributed by atoms with Crippen molar-refractivity contribution in [2.45, 2.75) is 52.1 Å². The lowest BCUT2D eigenvalue weighted by molar-refractivity contribution is 0.684. The molecule has 0 unspecified atom stereocenters.